The van der Waals surface area contributed by atoms with Crippen LogP contribution in [0.25, 0.3) is 0 Å². The Morgan fingerprint density at radius 1 is 1.44 bits per heavy atom. The molecule has 0 aromatic heterocycles. The molecule has 2 saturated heterocycles. The molecule has 0 aromatic rings. The minimum absolute atomic E-state index is 0.274. The molecular formula is C12H24N2OS. The Morgan fingerprint density at radius 3 is 2.81 bits per heavy atom. The smallest absolute Gasteiger partial charge is 0.0622 e. The maximum atomic E-state index is 6.09. The summed E-state index contributed by atoms with van der Waals surface area (Å²) in [6.07, 6.45) is 3.68. The molecule has 2 rings (SSSR count). The summed E-state index contributed by atoms with van der Waals surface area (Å²) in [5.41, 5.74) is 6.37. The van der Waals surface area contributed by atoms with Gasteiger partial charge in [0.15, 0.2) is 0 Å². The third-order valence-corrected chi connectivity index (χ3v) is 5.10. The van der Waals surface area contributed by atoms with Gasteiger partial charge >= 0.3 is 0 Å². The molecule has 2 aliphatic rings. The number of nitrogens with zero attached hydrogens (tertiary/aromatic N) is 1. The quantitative estimate of drug-likeness (QED) is 0.813. The molecule has 0 bridgehead atoms. The predicted octanol–water partition coefficient (Wildman–Crippen LogP) is 1.32. The number of morpholine rings is 1. The van der Waals surface area contributed by atoms with E-state index in [-0.39, 0.29) is 5.54 Å². The lowest BCUT2D eigenvalue weighted by atomic mass is 9.87. The minimum atomic E-state index is 0.274. The SMILES string of the molecule is CCC1COCCN1C1(CN)CCSCC1. The van der Waals surface area contributed by atoms with Crippen molar-refractivity contribution in [1.82, 2.24) is 4.90 Å². The van der Waals surface area contributed by atoms with Gasteiger partial charge in [-0.25, -0.2) is 0 Å². The second kappa shape index (κ2) is 5.71. The lowest BCUT2D eigenvalue weighted by Gasteiger charge is -2.51. The van der Waals surface area contributed by atoms with Gasteiger partial charge in [-0.2, -0.15) is 11.8 Å². The van der Waals surface area contributed by atoms with Crippen LogP contribution in [0.15, 0.2) is 0 Å². The van der Waals surface area contributed by atoms with Gasteiger partial charge in [-0.05, 0) is 30.8 Å². The molecular weight excluding hydrogens is 220 g/mol. The largest absolute Gasteiger partial charge is 0.378 e. The van der Waals surface area contributed by atoms with Crippen molar-refractivity contribution in [1.29, 1.82) is 0 Å². The summed E-state index contributed by atoms with van der Waals surface area (Å²) in [5, 5.41) is 0. The first kappa shape index (κ1) is 12.7. The molecule has 0 saturated carbocycles. The molecule has 3 nitrogen and oxygen atoms in total. The van der Waals surface area contributed by atoms with Crippen LogP contribution in [-0.2, 0) is 4.74 Å². The van der Waals surface area contributed by atoms with Crippen molar-refractivity contribution in [3.8, 4) is 0 Å². The van der Waals surface area contributed by atoms with E-state index in [1.165, 1.54) is 30.8 Å². The van der Waals surface area contributed by atoms with Gasteiger partial charge in [-0.1, -0.05) is 6.92 Å². The molecule has 1 unspecified atom stereocenters. The first-order valence-electron chi connectivity index (χ1n) is 6.45. The molecule has 94 valence electrons. The third-order valence-electron chi connectivity index (χ3n) is 4.11. The van der Waals surface area contributed by atoms with E-state index >= 15 is 0 Å². The molecule has 1 atom stereocenters. The summed E-state index contributed by atoms with van der Waals surface area (Å²) in [7, 11) is 0. The number of hydrogen-bond donors (Lipinski definition) is 1. The molecule has 2 aliphatic heterocycles. The molecule has 0 amide bonds. The molecule has 0 aliphatic carbocycles. The molecule has 4 heteroatoms. The number of thioether (sulfide) groups is 1. The van der Waals surface area contributed by atoms with E-state index in [9.17, 15) is 0 Å². The van der Waals surface area contributed by atoms with Crippen molar-refractivity contribution in [2.45, 2.75) is 37.8 Å². The van der Waals surface area contributed by atoms with Crippen LogP contribution < -0.4 is 5.73 Å². The Morgan fingerprint density at radius 2 is 2.19 bits per heavy atom. The predicted molar refractivity (Wildman–Crippen MR) is 69.9 cm³/mol. The van der Waals surface area contributed by atoms with Gasteiger partial charge in [0.25, 0.3) is 0 Å². The first-order valence-corrected chi connectivity index (χ1v) is 7.60. The number of hydrogen-bond acceptors (Lipinski definition) is 4. The summed E-state index contributed by atoms with van der Waals surface area (Å²) < 4.78 is 5.60. The summed E-state index contributed by atoms with van der Waals surface area (Å²) in [4.78, 5) is 2.66. The van der Waals surface area contributed by atoms with Crippen LogP contribution in [-0.4, -0.2) is 54.3 Å². The van der Waals surface area contributed by atoms with Gasteiger partial charge in [0.1, 0.15) is 0 Å². The summed E-state index contributed by atoms with van der Waals surface area (Å²) in [6.45, 7) is 5.91. The van der Waals surface area contributed by atoms with E-state index in [1.807, 2.05) is 0 Å². The van der Waals surface area contributed by atoms with Crippen molar-refractivity contribution in [3.63, 3.8) is 0 Å². The Bertz CT molecular complexity index is 219. The maximum Gasteiger partial charge on any atom is 0.0622 e. The van der Waals surface area contributed by atoms with Crippen molar-refractivity contribution >= 4 is 11.8 Å². The van der Waals surface area contributed by atoms with Crippen LogP contribution in [0.1, 0.15) is 26.2 Å². The number of rotatable bonds is 3. The van der Waals surface area contributed by atoms with Crippen LogP contribution in [0, 0.1) is 0 Å². The van der Waals surface area contributed by atoms with E-state index in [0.717, 1.165) is 26.3 Å². The van der Waals surface area contributed by atoms with Gasteiger partial charge in [0.05, 0.1) is 13.2 Å². The Hall–Kier alpha value is 0.230. The number of nitrogens with two attached hydrogens (primary N) is 1. The van der Waals surface area contributed by atoms with Gasteiger partial charge in [-0.3, -0.25) is 4.90 Å². The highest BCUT2D eigenvalue weighted by molar-refractivity contribution is 7.99. The fourth-order valence-electron chi connectivity index (χ4n) is 2.98. The van der Waals surface area contributed by atoms with Crippen LogP contribution in [0.2, 0.25) is 0 Å². The van der Waals surface area contributed by atoms with Gasteiger partial charge in [-0.15, -0.1) is 0 Å². The zero-order valence-electron chi connectivity index (χ0n) is 10.3. The highest BCUT2D eigenvalue weighted by Gasteiger charge is 2.41. The molecule has 2 N–H and O–H groups in total. The van der Waals surface area contributed by atoms with E-state index in [1.54, 1.807) is 0 Å². The van der Waals surface area contributed by atoms with Crippen LogP contribution >= 0.6 is 11.8 Å². The maximum absolute atomic E-state index is 6.09. The highest BCUT2D eigenvalue weighted by atomic mass is 32.2. The van der Waals surface area contributed by atoms with E-state index < -0.39 is 0 Å². The van der Waals surface area contributed by atoms with Gasteiger partial charge in [0, 0.05) is 24.7 Å². The average Bonchev–Trinajstić information content (AvgIpc) is 2.39. The lowest BCUT2D eigenvalue weighted by Crippen LogP contribution is -2.62. The molecule has 0 radical (unpaired) electrons. The fraction of sp³-hybridized carbons (Fsp3) is 1.00. The van der Waals surface area contributed by atoms with E-state index in [0.29, 0.717) is 6.04 Å². The summed E-state index contributed by atoms with van der Waals surface area (Å²) in [5.74, 6) is 2.54. The van der Waals surface area contributed by atoms with Crippen molar-refractivity contribution in [3.05, 3.63) is 0 Å². The van der Waals surface area contributed by atoms with Crippen molar-refractivity contribution in [2.75, 3.05) is 37.8 Å². The van der Waals surface area contributed by atoms with Crippen molar-refractivity contribution in [2.24, 2.45) is 5.73 Å². The lowest BCUT2D eigenvalue weighted by molar-refractivity contribution is -0.0668. The molecule has 2 fully saturated rings. The normalized spacial score (nSPS) is 31.5. The molecule has 2 heterocycles. The fourth-order valence-corrected chi connectivity index (χ4v) is 4.23. The van der Waals surface area contributed by atoms with E-state index in [4.69, 9.17) is 10.5 Å². The van der Waals surface area contributed by atoms with Gasteiger partial charge in [0.2, 0.25) is 0 Å². The topological polar surface area (TPSA) is 38.5 Å². The van der Waals surface area contributed by atoms with Crippen LogP contribution in [0.5, 0.6) is 0 Å². The van der Waals surface area contributed by atoms with Crippen LogP contribution in [0.3, 0.4) is 0 Å². The second-order valence-electron chi connectivity index (χ2n) is 4.87. The van der Waals surface area contributed by atoms with Crippen molar-refractivity contribution < 1.29 is 4.74 Å². The molecule has 0 aromatic carbocycles. The standard InChI is InChI=1S/C12H24N2OS/c1-2-11-9-15-6-5-14(11)12(10-13)3-7-16-8-4-12/h11H,2-10,13H2,1H3. The Labute approximate surface area is 103 Å². The zero-order chi connectivity index (χ0) is 11.4. The monoisotopic (exact) mass is 244 g/mol. The second-order valence-corrected chi connectivity index (χ2v) is 6.10. The Balaban J connectivity index is 2.10. The minimum Gasteiger partial charge on any atom is -0.378 e. The Kier molecular flexibility index (Phi) is 4.53. The average molecular weight is 244 g/mol. The summed E-state index contributed by atoms with van der Waals surface area (Å²) >= 11 is 2.07. The zero-order valence-corrected chi connectivity index (χ0v) is 11.1. The molecule has 16 heavy (non-hydrogen) atoms. The van der Waals surface area contributed by atoms with Crippen LogP contribution in [0.4, 0.5) is 0 Å². The first-order chi connectivity index (χ1) is 7.82. The highest BCUT2D eigenvalue weighted by Crippen LogP contribution is 2.34. The van der Waals surface area contributed by atoms with Gasteiger partial charge < -0.3 is 10.5 Å². The van der Waals surface area contributed by atoms with E-state index in [2.05, 4.69) is 23.6 Å². The number of ether oxygens (including phenoxy) is 1. The summed E-state index contributed by atoms with van der Waals surface area (Å²) in [6, 6.07) is 0.584. The third kappa shape index (κ3) is 2.40. The molecule has 0 spiro atoms.